The zero-order valence-corrected chi connectivity index (χ0v) is 16.1. The summed E-state index contributed by atoms with van der Waals surface area (Å²) < 4.78 is 5.19. The van der Waals surface area contributed by atoms with Gasteiger partial charge in [-0.1, -0.05) is 6.07 Å². The molecule has 2 saturated heterocycles. The number of piperidine rings is 1. The van der Waals surface area contributed by atoms with Crippen molar-refractivity contribution in [3.63, 3.8) is 0 Å². The predicted octanol–water partition coefficient (Wildman–Crippen LogP) is 1.75. The number of hydrogen-bond acceptors (Lipinski definition) is 6. The predicted molar refractivity (Wildman–Crippen MR) is 109 cm³/mol. The normalized spacial score (nSPS) is 17.9. The molecular weight excluding hydrogens is 358 g/mol. The van der Waals surface area contributed by atoms with Gasteiger partial charge in [0.1, 0.15) is 17.1 Å². The molecule has 2 aromatic rings. The number of carbonyl (C=O) groups excluding carboxylic acids is 1. The minimum atomic E-state index is -0.374. The standard InChI is InChI=1S/C21H25N3O4/c1-28-16-6-4-5-15(13-16)22-21(27)14-7-11-24(12-8-14)18-17(19(25)20(18)26)23-9-2-3-10-23/h4-6,13-14H,2-3,7-12H2,1H3,(H,22,27). The number of nitrogens with zero attached hydrogens (tertiary/aromatic N) is 2. The van der Waals surface area contributed by atoms with Gasteiger partial charge in [-0.2, -0.15) is 0 Å². The monoisotopic (exact) mass is 383 g/mol. The quantitative estimate of drug-likeness (QED) is 0.793. The van der Waals surface area contributed by atoms with Crippen molar-refractivity contribution in [2.24, 2.45) is 5.92 Å². The van der Waals surface area contributed by atoms with Crippen LogP contribution in [0.25, 0.3) is 0 Å². The van der Waals surface area contributed by atoms with Gasteiger partial charge in [-0.15, -0.1) is 0 Å². The van der Waals surface area contributed by atoms with Crippen molar-refractivity contribution in [2.75, 3.05) is 48.4 Å². The Bertz CT molecular complexity index is 933. The molecule has 0 saturated carbocycles. The molecule has 2 aliphatic rings. The van der Waals surface area contributed by atoms with E-state index in [1.165, 1.54) is 0 Å². The van der Waals surface area contributed by atoms with Crippen LogP contribution in [-0.4, -0.2) is 39.2 Å². The fourth-order valence-corrected chi connectivity index (χ4v) is 4.21. The van der Waals surface area contributed by atoms with Crippen LogP contribution in [0.1, 0.15) is 25.7 Å². The lowest BCUT2D eigenvalue weighted by atomic mass is 9.94. The van der Waals surface area contributed by atoms with Crippen molar-refractivity contribution in [2.45, 2.75) is 25.7 Å². The molecule has 0 aliphatic carbocycles. The summed E-state index contributed by atoms with van der Waals surface area (Å²) in [6, 6.07) is 7.29. The van der Waals surface area contributed by atoms with Crippen molar-refractivity contribution < 1.29 is 9.53 Å². The van der Waals surface area contributed by atoms with Gasteiger partial charge in [0.2, 0.25) is 5.91 Å². The van der Waals surface area contributed by atoms with Gasteiger partial charge in [0, 0.05) is 43.9 Å². The molecule has 4 rings (SSSR count). The first kappa shape index (κ1) is 18.5. The van der Waals surface area contributed by atoms with Gasteiger partial charge in [-0.3, -0.25) is 14.4 Å². The molecular formula is C21H25N3O4. The lowest BCUT2D eigenvalue weighted by Crippen LogP contribution is -2.48. The van der Waals surface area contributed by atoms with Gasteiger partial charge in [0.25, 0.3) is 10.9 Å². The van der Waals surface area contributed by atoms with Crippen LogP contribution >= 0.6 is 0 Å². The Labute approximate surface area is 163 Å². The van der Waals surface area contributed by atoms with E-state index in [0.717, 1.165) is 25.9 Å². The molecule has 0 atom stereocenters. The molecule has 1 amide bonds. The van der Waals surface area contributed by atoms with Gasteiger partial charge in [-0.05, 0) is 37.8 Å². The average Bonchev–Trinajstić information content (AvgIpc) is 3.25. The zero-order chi connectivity index (χ0) is 19.7. The van der Waals surface area contributed by atoms with Gasteiger partial charge in [0.15, 0.2) is 0 Å². The second-order valence-corrected chi connectivity index (χ2v) is 7.53. The van der Waals surface area contributed by atoms with Crippen molar-refractivity contribution in [1.29, 1.82) is 0 Å². The molecule has 28 heavy (non-hydrogen) atoms. The lowest BCUT2D eigenvalue weighted by Gasteiger charge is -2.35. The first-order valence-electron chi connectivity index (χ1n) is 9.86. The molecule has 0 radical (unpaired) electrons. The summed E-state index contributed by atoms with van der Waals surface area (Å²) in [5.74, 6) is 0.573. The summed E-state index contributed by atoms with van der Waals surface area (Å²) in [6.07, 6.45) is 3.44. The first-order chi connectivity index (χ1) is 13.6. The summed E-state index contributed by atoms with van der Waals surface area (Å²) in [4.78, 5) is 40.9. The van der Waals surface area contributed by atoms with E-state index in [0.29, 0.717) is 48.7 Å². The highest BCUT2D eigenvalue weighted by Gasteiger charge is 2.34. The molecule has 0 bridgehead atoms. The van der Waals surface area contributed by atoms with Crippen LogP contribution in [0.3, 0.4) is 0 Å². The van der Waals surface area contributed by atoms with Crippen molar-refractivity contribution in [3.05, 3.63) is 44.7 Å². The maximum Gasteiger partial charge on any atom is 0.253 e. The third-order valence-corrected chi connectivity index (χ3v) is 5.80. The minimum Gasteiger partial charge on any atom is -0.497 e. The Morgan fingerprint density at radius 2 is 1.61 bits per heavy atom. The summed E-state index contributed by atoms with van der Waals surface area (Å²) in [5.41, 5.74) is 1.15. The first-order valence-corrected chi connectivity index (χ1v) is 9.86. The second kappa shape index (κ2) is 7.66. The minimum absolute atomic E-state index is 0.0161. The summed E-state index contributed by atoms with van der Waals surface area (Å²) in [6.45, 7) is 2.91. The van der Waals surface area contributed by atoms with Gasteiger partial charge >= 0.3 is 0 Å². The van der Waals surface area contributed by atoms with Gasteiger partial charge < -0.3 is 19.9 Å². The molecule has 2 fully saturated rings. The van der Waals surface area contributed by atoms with Crippen LogP contribution in [0.5, 0.6) is 5.75 Å². The van der Waals surface area contributed by atoms with Crippen LogP contribution in [0.4, 0.5) is 17.1 Å². The fourth-order valence-electron chi connectivity index (χ4n) is 4.21. The fraction of sp³-hybridized carbons (Fsp3) is 0.476. The van der Waals surface area contributed by atoms with Crippen LogP contribution in [-0.2, 0) is 4.79 Å². The lowest BCUT2D eigenvalue weighted by molar-refractivity contribution is -0.120. The summed E-state index contributed by atoms with van der Waals surface area (Å²) >= 11 is 0. The SMILES string of the molecule is COc1cccc(NC(=O)C2CCN(c3c(N4CCCC4)c(=O)c3=O)CC2)c1. The highest BCUT2D eigenvalue weighted by atomic mass is 16.5. The number of hydrogen-bond donors (Lipinski definition) is 1. The summed E-state index contributed by atoms with van der Waals surface area (Å²) in [5, 5.41) is 2.95. The number of methoxy groups -OCH3 is 1. The Morgan fingerprint density at radius 1 is 1.00 bits per heavy atom. The Kier molecular flexibility index (Phi) is 5.07. The topological polar surface area (TPSA) is 79.0 Å². The van der Waals surface area contributed by atoms with E-state index in [4.69, 9.17) is 4.74 Å². The van der Waals surface area contributed by atoms with E-state index < -0.39 is 0 Å². The average molecular weight is 383 g/mol. The van der Waals surface area contributed by atoms with E-state index in [1.54, 1.807) is 13.2 Å². The van der Waals surface area contributed by atoms with Crippen molar-refractivity contribution in [1.82, 2.24) is 0 Å². The van der Waals surface area contributed by atoms with Crippen molar-refractivity contribution in [3.8, 4) is 5.75 Å². The molecule has 2 aromatic carbocycles. The molecule has 0 spiro atoms. The van der Waals surface area contributed by atoms with Gasteiger partial charge in [-0.25, -0.2) is 0 Å². The number of anilines is 3. The van der Waals surface area contributed by atoms with E-state index in [1.807, 2.05) is 28.0 Å². The molecule has 7 nitrogen and oxygen atoms in total. The van der Waals surface area contributed by atoms with E-state index >= 15 is 0 Å². The zero-order valence-electron chi connectivity index (χ0n) is 16.1. The van der Waals surface area contributed by atoms with Crippen LogP contribution in [0.15, 0.2) is 33.9 Å². The third-order valence-electron chi connectivity index (χ3n) is 5.80. The van der Waals surface area contributed by atoms with Crippen LogP contribution < -0.4 is 30.7 Å². The largest absolute Gasteiger partial charge is 0.497 e. The molecule has 0 unspecified atom stereocenters. The molecule has 7 heteroatoms. The Hall–Kier alpha value is -2.83. The van der Waals surface area contributed by atoms with Crippen LogP contribution in [0, 0.1) is 5.92 Å². The molecule has 2 aliphatic heterocycles. The van der Waals surface area contributed by atoms with Crippen LogP contribution in [0.2, 0.25) is 0 Å². The second-order valence-electron chi connectivity index (χ2n) is 7.53. The number of nitrogens with one attached hydrogen (secondary N) is 1. The maximum absolute atomic E-state index is 12.6. The number of ether oxygens (including phenoxy) is 1. The number of amides is 1. The van der Waals surface area contributed by atoms with E-state index in [2.05, 4.69) is 5.32 Å². The number of carbonyl (C=O) groups is 1. The Morgan fingerprint density at radius 3 is 2.21 bits per heavy atom. The Balaban J connectivity index is 1.38. The molecule has 2 heterocycles. The van der Waals surface area contributed by atoms with Gasteiger partial charge in [0.05, 0.1) is 7.11 Å². The number of benzene rings is 1. The molecule has 1 N–H and O–H groups in total. The van der Waals surface area contributed by atoms with E-state index in [9.17, 15) is 14.4 Å². The molecule has 148 valence electrons. The summed E-state index contributed by atoms with van der Waals surface area (Å²) in [7, 11) is 1.59. The molecule has 0 aromatic heterocycles. The highest BCUT2D eigenvalue weighted by molar-refractivity contribution is 5.93. The third kappa shape index (κ3) is 3.37. The smallest absolute Gasteiger partial charge is 0.253 e. The van der Waals surface area contributed by atoms with Crippen molar-refractivity contribution >= 4 is 23.0 Å². The van der Waals surface area contributed by atoms with E-state index in [-0.39, 0.29) is 22.7 Å². The number of rotatable bonds is 5. The maximum atomic E-state index is 12.6. The highest BCUT2D eigenvalue weighted by Crippen LogP contribution is 2.31.